The number of rotatable bonds is 3. The lowest BCUT2D eigenvalue weighted by Gasteiger charge is -2.05. The van der Waals surface area contributed by atoms with Gasteiger partial charge in [0.1, 0.15) is 23.5 Å². The van der Waals surface area contributed by atoms with E-state index in [9.17, 15) is 14.0 Å². The van der Waals surface area contributed by atoms with Gasteiger partial charge in [-0.15, -0.1) is 16.4 Å². The topological polar surface area (TPSA) is 81.3 Å². The normalized spacial score (nSPS) is 14.1. The van der Waals surface area contributed by atoms with Crippen molar-refractivity contribution in [3.8, 4) is 0 Å². The van der Waals surface area contributed by atoms with Crippen molar-refractivity contribution in [3.05, 3.63) is 56.3 Å². The summed E-state index contributed by atoms with van der Waals surface area (Å²) in [6.07, 6.45) is 6.89. The fraction of sp³-hybridized carbons (Fsp3) is 0.300. The molecule has 1 N–H and O–H groups in total. The van der Waals surface area contributed by atoms with Gasteiger partial charge >= 0.3 is 5.69 Å². The van der Waals surface area contributed by atoms with Gasteiger partial charge in [-0.1, -0.05) is 18.0 Å². The molecule has 154 valence electrons. The molecule has 0 radical (unpaired) electrons. The number of amides is 1. The molecule has 0 bridgehead atoms. The molecule has 1 amide bonds. The first-order valence-corrected chi connectivity index (χ1v) is 10.8. The van der Waals surface area contributed by atoms with Gasteiger partial charge in [0, 0.05) is 10.6 Å². The molecule has 10 heteroatoms. The summed E-state index contributed by atoms with van der Waals surface area (Å²) < 4.78 is 15.8. The van der Waals surface area contributed by atoms with E-state index in [-0.39, 0.29) is 11.6 Å². The third-order valence-electron chi connectivity index (χ3n) is 5.28. The third-order valence-corrected chi connectivity index (χ3v) is 6.77. The first-order chi connectivity index (χ1) is 14.5. The van der Waals surface area contributed by atoms with Gasteiger partial charge in [-0.25, -0.2) is 23.3 Å². The van der Waals surface area contributed by atoms with Crippen LogP contribution in [0, 0.1) is 5.82 Å². The maximum atomic E-state index is 13.3. The second-order valence-corrected chi connectivity index (χ2v) is 8.79. The van der Waals surface area contributed by atoms with E-state index in [1.165, 1.54) is 45.8 Å². The van der Waals surface area contributed by atoms with Gasteiger partial charge in [0.2, 0.25) is 5.91 Å². The van der Waals surface area contributed by atoms with E-state index < -0.39 is 17.4 Å². The summed E-state index contributed by atoms with van der Waals surface area (Å²) in [5, 5.41) is 7.88. The highest BCUT2D eigenvalue weighted by atomic mass is 35.5. The number of carbonyl (C=O) groups excluding carboxylic acids is 1. The number of thiophene rings is 1. The number of anilines is 1. The minimum atomic E-state index is -0.572. The van der Waals surface area contributed by atoms with Crippen LogP contribution >= 0.6 is 22.9 Å². The molecule has 0 fully saturated rings. The number of aryl methyl sites for hydroxylation is 2. The standard InChI is InChI=1S/C20H17ClFN5O2S/c21-13-8-11(6-7-14(13)22)24-16(28)9-27-20(29)26-10-23-19-17(18(26)25-27)12-4-2-1-3-5-15(12)30-19/h6-8,10H,1-5,9H2,(H,24,28). The average Bonchev–Trinajstić information content (AvgIpc) is 3.12. The number of nitrogens with one attached hydrogen (secondary N) is 1. The maximum Gasteiger partial charge on any atom is 0.352 e. The van der Waals surface area contributed by atoms with Crippen molar-refractivity contribution in [2.24, 2.45) is 0 Å². The molecule has 0 saturated heterocycles. The summed E-state index contributed by atoms with van der Waals surface area (Å²) in [7, 11) is 0. The molecule has 7 nitrogen and oxygen atoms in total. The molecule has 4 aromatic rings. The summed E-state index contributed by atoms with van der Waals surface area (Å²) in [4.78, 5) is 31.9. The molecule has 0 spiro atoms. The smallest absolute Gasteiger partial charge is 0.324 e. The lowest BCUT2D eigenvalue weighted by molar-refractivity contribution is -0.117. The highest BCUT2D eigenvalue weighted by Gasteiger charge is 2.21. The monoisotopic (exact) mass is 445 g/mol. The summed E-state index contributed by atoms with van der Waals surface area (Å²) >= 11 is 7.41. The molecule has 0 atom stereocenters. The Morgan fingerprint density at radius 3 is 2.93 bits per heavy atom. The second kappa shape index (κ2) is 7.48. The van der Waals surface area contributed by atoms with Crippen LogP contribution in [0.1, 0.15) is 29.7 Å². The molecular formula is C20H17ClFN5O2S. The Morgan fingerprint density at radius 1 is 1.27 bits per heavy atom. The molecule has 1 aliphatic carbocycles. The number of fused-ring (bicyclic) bond motifs is 5. The third kappa shape index (κ3) is 3.27. The number of hydrogen-bond acceptors (Lipinski definition) is 5. The Hall–Kier alpha value is -2.78. The number of aromatic nitrogens is 4. The zero-order valence-electron chi connectivity index (χ0n) is 15.8. The first kappa shape index (κ1) is 19.2. The molecule has 3 aromatic heterocycles. The van der Waals surface area contributed by atoms with E-state index in [0.717, 1.165) is 40.6 Å². The van der Waals surface area contributed by atoms with Crippen molar-refractivity contribution in [2.75, 3.05) is 5.32 Å². The van der Waals surface area contributed by atoms with E-state index in [4.69, 9.17) is 11.6 Å². The number of nitrogens with zero attached hydrogens (tertiary/aromatic N) is 4. The van der Waals surface area contributed by atoms with E-state index in [1.807, 2.05) is 0 Å². The Labute approximate surface area is 179 Å². The predicted octanol–water partition coefficient (Wildman–Crippen LogP) is 3.81. The fourth-order valence-electron chi connectivity index (χ4n) is 3.87. The van der Waals surface area contributed by atoms with Crippen molar-refractivity contribution >= 4 is 50.4 Å². The second-order valence-electron chi connectivity index (χ2n) is 7.30. The number of benzene rings is 1. The summed E-state index contributed by atoms with van der Waals surface area (Å²) in [5.41, 5.74) is 1.67. The molecule has 0 unspecified atom stereocenters. The zero-order chi connectivity index (χ0) is 20.8. The molecule has 0 aliphatic heterocycles. The van der Waals surface area contributed by atoms with Crippen LogP contribution in [-0.4, -0.2) is 25.1 Å². The van der Waals surface area contributed by atoms with Gasteiger partial charge in [-0.05, 0) is 49.4 Å². The van der Waals surface area contributed by atoms with Crippen molar-refractivity contribution in [2.45, 2.75) is 38.6 Å². The zero-order valence-corrected chi connectivity index (χ0v) is 17.4. The SMILES string of the molecule is O=C(Cn1nc2c3c4c(sc3ncn2c1=O)CCCCC4)Nc1ccc(F)c(Cl)c1. The molecule has 0 saturated carbocycles. The molecule has 1 aromatic carbocycles. The van der Waals surface area contributed by atoms with E-state index in [0.29, 0.717) is 11.3 Å². The van der Waals surface area contributed by atoms with Crippen LogP contribution in [-0.2, 0) is 24.2 Å². The van der Waals surface area contributed by atoms with Crippen LogP contribution < -0.4 is 11.0 Å². The van der Waals surface area contributed by atoms with Crippen LogP contribution in [0.25, 0.3) is 15.9 Å². The summed E-state index contributed by atoms with van der Waals surface area (Å²) in [6.45, 7) is -0.274. The number of carbonyl (C=O) groups is 1. The lowest BCUT2D eigenvalue weighted by atomic mass is 10.1. The van der Waals surface area contributed by atoms with Crippen LogP contribution in [0.5, 0.6) is 0 Å². The number of halogens is 2. The largest absolute Gasteiger partial charge is 0.352 e. The minimum Gasteiger partial charge on any atom is -0.324 e. The first-order valence-electron chi connectivity index (χ1n) is 9.64. The maximum absolute atomic E-state index is 13.3. The quantitative estimate of drug-likeness (QED) is 0.486. The van der Waals surface area contributed by atoms with Gasteiger partial charge in [0.05, 0.1) is 10.4 Å². The van der Waals surface area contributed by atoms with Gasteiger partial charge in [-0.2, -0.15) is 0 Å². The fourth-order valence-corrected chi connectivity index (χ4v) is 5.27. The van der Waals surface area contributed by atoms with Crippen LogP contribution in [0.15, 0.2) is 29.3 Å². The molecule has 3 heterocycles. The molecule has 5 rings (SSSR count). The van der Waals surface area contributed by atoms with Gasteiger partial charge < -0.3 is 5.32 Å². The van der Waals surface area contributed by atoms with Crippen molar-refractivity contribution in [3.63, 3.8) is 0 Å². The minimum absolute atomic E-state index is 0.0932. The summed E-state index contributed by atoms with van der Waals surface area (Å²) in [6, 6.07) is 3.88. The van der Waals surface area contributed by atoms with Crippen molar-refractivity contribution < 1.29 is 9.18 Å². The van der Waals surface area contributed by atoms with Gasteiger partial charge in [0.25, 0.3) is 0 Å². The van der Waals surface area contributed by atoms with E-state index >= 15 is 0 Å². The van der Waals surface area contributed by atoms with Crippen LogP contribution in [0.3, 0.4) is 0 Å². The van der Waals surface area contributed by atoms with E-state index in [1.54, 1.807) is 11.3 Å². The lowest BCUT2D eigenvalue weighted by Crippen LogP contribution is -2.28. The Balaban J connectivity index is 1.50. The van der Waals surface area contributed by atoms with Crippen molar-refractivity contribution in [1.82, 2.24) is 19.2 Å². The van der Waals surface area contributed by atoms with E-state index in [2.05, 4.69) is 15.4 Å². The van der Waals surface area contributed by atoms with Crippen LogP contribution in [0.2, 0.25) is 5.02 Å². The molecule has 1 aliphatic rings. The number of hydrogen-bond donors (Lipinski definition) is 1. The highest BCUT2D eigenvalue weighted by molar-refractivity contribution is 7.19. The summed E-state index contributed by atoms with van der Waals surface area (Å²) in [5.74, 6) is -1.03. The average molecular weight is 446 g/mol. The Morgan fingerprint density at radius 2 is 2.10 bits per heavy atom. The Bertz CT molecular complexity index is 1360. The highest BCUT2D eigenvalue weighted by Crippen LogP contribution is 2.35. The van der Waals surface area contributed by atoms with Crippen molar-refractivity contribution in [1.29, 1.82) is 0 Å². The molecular weight excluding hydrogens is 429 g/mol. The van der Waals surface area contributed by atoms with Gasteiger partial charge in [-0.3, -0.25) is 4.79 Å². The Kier molecular flexibility index (Phi) is 4.79. The van der Waals surface area contributed by atoms with Gasteiger partial charge in [0.15, 0.2) is 5.65 Å². The van der Waals surface area contributed by atoms with Crippen LogP contribution in [0.4, 0.5) is 10.1 Å². The molecule has 30 heavy (non-hydrogen) atoms. The predicted molar refractivity (Wildman–Crippen MR) is 114 cm³/mol.